The minimum atomic E-state index is -0.522. The maximum atomic E-state index is 13.0. The van der Waals surface area contributed by atoms with E-state index in [4.69, 9.17) is 4.74 Å². The normalized spacial score (nSPS) is 14.6. The number of carbonyl (C=O) groups excluding carboxylic acids is 2. The molecule has 1 aliphatic heterocycles. The summed E-state index contributed by atoms with van der Waals surface area (Å²) in [5.41, 5.74) is 3.04. The Kier molecular flexibility index (Phi) is 6.68. The smallest absolute Gasteiger partial charge is 0.276 e. The van der Waals surface area contributed by atoms with Gasteiger partial charge in [-0.05, 0) is 62.2 Å². The fourth-order valence-electron chi connectivity index (χ4n) is 4.39. The molecule has 10 nitrogen and oxygen atoms in total. The first-order chi connectivity index (χ1) is 17.5. The van der Waals surface area contributed by atoms with E-state index in [-0.39, 0.29) is 23.4 Å². The largest absolute Gasteiger partial charge is 0.490 e. The molecule has 36 heavy (non-hydrogen) atoms. The molecule has 2 aromatic carbocycles. The van der Waals surface area contributed by atoms with E-state index >= 15 is 0 Å². The van der Waals surface area contributed by atoms with Crippen LogP contribution in [0.25, 0.3) is 11.0 Å². The van der Waals surface area contributed by atoms with Crippen molar-refractivity contribution in [2.24, 2.45) is 0 Å². The second-order valence-corrected chi connectivity index (χ2v) is 8.87. The van der Waals surface area contributed by atoms with E-state index in [9.17, 15) is 9.59 Å². The highest BCUT2D eigenvalue weighted by Crippen LogP contribution is 2.25. The van der Waals surface area contributed by atoms with E-state index in [1.807, 2.05) is 49.4 Å². The average Bonchev–Trinajstić information content (AvgIpc) is 3.53. The Morgan fingerprint density at radius 2 is 1.92 bits per heavy atom. The standard InChI is InChI=1S/C26H29N7O3/c1-3-33-12-10-17(11-13-33)36-18-8-9-19(16(2)14-18)29-24(34)22-23(28-15-27-22)25(35)32-26-30-20-6-4-5-7-21(20)31-26/h4-9,14-15,17H,3,10-13H2,1-2H3,(H,27,28)(H,29,34)(H2,30,31,32,35). The zero-order valence-corrected chi connectivity index (χ0v) is 20.3. The van der Waals surface area contributed by atoms with E-state index in [1.165, 1.54) is 6.33 Å². The summed E-state index contributed by atoms with van der Waals surface area (Å²) in [5, 5.41) is 5.53. The average molecular weight is 488 g/mol. The number of hydrogen-bond donors (Lipinski definition) is 4. The number of nitrogens with zero attached hydrogens (tertiary/aromatic N) is 3. The van der Waals surface area contributed by atoms with Crippen LogP contribution in [0.15, 0.2) is 48.8 Å². The molecule has 4 N–H and O–H groups in total. The van der Waals surface area contributed by atoms with Crippen LogP contribution < -0.4 is 15.4 Å². The highest BCUT2D eigenvalue weighted by Gasteiger charge is 2.23. The highest BCUT2D eigenvalue weighted by atomic mass is 16.5. The van der Waals surface area contributed by atoms with Gasteiger partial charge in [0.2, 0.25) is 5.95 Å². The van der Waals surface area contributed by atoms with Crippen LogP contribution in [0.2, 0.25) is 0 Å². The van der Waals surface area contributed by atoms with Gasteiger partial charge >= 0.3 is 0 Å². The van der Waals surface area contributed by atoms with Gasteiger partial charge in [-0.25, -0.2) is 9.97 Å². The number of fused-ring (bicyclic) bond motifs is 1. The number of aromatic amines is 2. The summed E-state index contributed by atoms with van der Waals surface area (Å²) >= 11 is 0. The molecular formula is C26H29N7O3. The fraction of sp³-hybridized carbons (Fsp3) is 0.308. The number of amides is 2. The number of carbonyl (C=O) groups is 2. The minimum absolute atomic E-state index is 0.00831. The third-order valence-corrected chi connectivity index (χ3v) is 6.43. The van der Waals surface area contributed by atoms with E-state index in [0.717, 1.165) is 54.8 Å². The molecule has 0 bridgehead atoms. The summed E-state index contributed by atoms with van der Waals surface area (Å²) in [4.78, 5) is 42.4. The fourth-order valence-corrected chi connectivity index (χ4v) is 4.39. The molecule has 0 saturated carbocycles. The summed E-state index contributed by atoms with van der Waals surface area (Å²) in [6.07, 6.45) is 3.52. The molecule has 1 saturated heterocycles. The SMILES string of the molecule is CCN1CCC(Oc2ccc(NC(=O)c3nc[nH]c3C(=O)Nc3nc4ccccc4[nH]3)c(C)c2)CC1. The molecule has 10 heteroatoms. The van der Waals surface area contributed by atoms with Crippen LogP contribution in [0, 0.1) is 6.92 Å². The van der Waals surface area contributed by atoms with Crippen LogP contribution in [-0.2, 0) is 0 Å². The predicted octanol–water partition coefficient (Wildman–Crippen LogP) is 3.96. The number of aryl methyl sites for hydroxylation is 1. The van der Waals surface area contributed by atoms with Crippen LogP contribution in [0.5, 0.6) is 5.75 Å². The Bertz CT molecular complexity index is 1350. The molecule has 2 amide bonds. The second kappa shape index (κ2) is 10.2. The third kappa shape index (κ3) is 5.08. The Labute approximate surface area is 208 Å². The van der Waals surface area contributed by atoms with Crippen LogP contribution >= 0.6 is 0 Å². The lowest BCUT2D eigenvalue weighted by Crippen LogP contribution is -2.37. The molecule has 1 fully saturated rings. The molecule has 5 rings (SSSR count). The van der Waals surface area contributed by atoms with Gasteiger partial charge in [0.15, 0.2) is 5.69 Å². The zero-order valence-electron chi connectivity index (χ0n) is 20.3. The number of piperidine rings is 1. The Balaban J connectivity index is 1.23. The second-order valence-electron chi connectivity index (χ2n) is 8.87. The number of benzene rings is 2. The number of H-pyrrole nitrogens is 2. The van der Waals surface area contributed by atoms with Crippen molar-refractivity contribution in [1.29, 1.82) is 0 Å². The lowest BCUT2D eigenvalue weighted by molar-refractivity contribution is 0.0985. The summed E-state index contributed by atoms with van der Waals surface area (Å²) in [6.45, 7) is 7.24. The summed E-state index contributed by atoms with van der Waals surface area (Å²) in [6, 6.07) is 13.0. The molecule has 0 atom stereocenters. The number of ether oxygens (including phenoxy) is 1. The monoisotopic (exact) mass is 487 g/mol. The number of rotatable bonds is 7. The maximum Gasteiger partial charge on any atom is 0.276 e. The maximum absolute atomic E-state index is 13.0. The zero-order chi connectivity index (χ0) is 25.1. The first kappa shape index (κ1) is 23.6. The van der Waals surface area contributed by atoms with E-state index in [1.54, 1.807) is 0 Å². The Morgan fingerprint density at radius 1 is 1.11 bits per heavy atom. The summed E-state index contributed by atoms with van der Waals surface area (Å²) in [5.74, 6) is 0.0566. The highest BCUT2D eigenvalue weighted by molar-refractivity contribution is 6.13. The van der Waals surface area contributed by atoms with E-state index in [2.05, 4.69) is 42.4 Å². The summed E-state index contributed by atoms with van der Waals surface area (Å²) < 4.78 is 6.17. The number of imidazole rings is 2. The number of likely N-dealkylation sites (tertiary alicyclic amines) is 1. The van der Waals surface area contributed by atoms with Crippen LogP contribution in [-0.4, -0.2) is 62.4 Å². The van der Waals surface area contributed by atoms with E-state index < -0.39 is 11.8 Å². The lowest BCUT2D eigenvalue weighted by atomic mass is 10.1. The topological polar surface area (TPSA) is 128 Å². The van der Waals surface area contributed by atoms with Crippen LogP contribution in [0.4, 0.5) is 11.6 Å². The number of aromatic nitrogens is 4. The molecule has 186 valence electrons. The quantitative estimate of drug-likeness (QED) is 0.312. The molecule has 0 radical (unpaired) electrons. The van der Waals surface area contributed by atoms with Crippen molar-refractivity contribution in [3.8, 4) is 5.75 Å². The minimum Gasteiger partial charge on any atom is -0.490 e. The van der Waals surface area contributed by atoms with Crippen LogP contribution in [0.1, 0.15) is 46.3 Å². The third-order valence-electron chi connectivity index (χ3n) is 6.43. The molecule has 1 aliphatic rings. The first-order valence-electron chi connectivity index (χ1n) is 12.1. The Morgan fingerprint density at radius 3 is 2.67 bits per heavy atom. The number of anilines is 2. The molecule has 0 unspecified atom stereocenters. The molecule has 0 aliphatic carbocycles. The van der Waals surface area contributed by atoms with Crippen molar-refractivity contribution < 1.29 is 14.3 Å². The van der Waals surface area contributed by atoms with Gasteiger partial charge in [0.1, 0.15) is 17.5 Å². The van der Waals surface area contributed by atoms with Crippen molar-refractivity contribution in [3.63, 3.8) is 0 Å². The van der Waals surface area contributed by atoms with Gasteiger partial charge in [0.05, 0.1) is 17.4 Å². The van der Waals surface area contributed by atoms with Gasteiger partial charge in [-0.15, -0.1) is 0 Å². The van der Waals surface area contributed by atoms with Gasteiger partial charge in [-0.2, -0.15) is 0 Å². The number of nitrogens with one attached hydrogen (secondary N) is 4. The van der Waals surface area contributed by atoms with Crippen molar-refractivity contribution in [1.82, 2.24) is 24.8 Å². The van der Waals surface area contributed by atoms with Crippen molar-refractivity contribution >= 4 is 34.5 Å². The molecule has 0 spiro atoms. The summed E-state index contributed by atoms with van der Waals surface area (Å²) in [7, 11) is 0. The molecule has 3 heterocycles. The van der Waals surface area contributed by atoms with Crippen molar-refractivity contribution in [2.75, 3.05) is 30.3 Å². The molecule has 4 aromatic rings. The van der Waals surface area contributed by atoms with Crippen molar-refractivity contribution in [2.45, 2.75) is 32.8 Å². The van der Waals surface area contributed by atoms with Gasteiger partial charge < -0.3 is 24.9 Å². The van der Waals surface area contributed by atoms with Gasteiger partial charge in [-0.3, -0.25) is 14.9 Å². The van der Waals surface area contributed by atoms with E-state index in [0.29, 0.717) is 5.69 Å². The molecule has 2 aromatic heterocycles. The number of hydrogen-bond acceptors (Lipinski definition) is 6. The van der Waals surface area contributed by atoms with Gasteiger partial charge in [-0.1, -0.05) is 19.1 Å². The van der Waals surface area contributed by atoms with Gasteiger partial charge in [0.25, 0.3) is 11.8 Å². The first-order valence-corrected chi connectivity index (χ1v) is 12.1. The number of para-hydroxylation sites is 2. The molecular weight excluding hydrogens is 458 g/mol. The Hall–Kier alpha value is -4.18. The van der Waals surface area contributed by atoms with Crippen LogP contribution in [0.3, 0.4) is 0 Å². The van der Waals surface area contributed by atoms with Crippen molar-refractivity contribution in [3.05, 3.63) is 65.7 Å². The van der Waals surface area contributed by atoms with Gasteiger partial charge in [0, 0.05) is 18.8 Å². The predicted molar refractivity (Wildman–Crippen MR) is 138 cm³/mol. The lowest BCUT2D eigenvalue weighted by Gasteiger charge is -2.31.